The Hall–Kier alpha value is -1.35. The van der Waals surface area contributed by atoms with Gasteiger partial charge < -0.3 is 10.6 Å². The Kier molecular flexibility index (Phi) is 6.57. The fraction of sp³-hybridized carbons (Fsp3) is 0.562. The van der Waals surface area contributed by atoms with Crippen LogP contribution in [-0.4, -0.2) is 19.0 Å². The first-order valence-corrected chi connectivity index (χ1v) is 7.07. The topological polar surface area (TPSA) is 41.1 Å². The van der Waals surface area contributed by atoms with E-state index >= 15 is 0 Å². The van der Waals surface area contributed by atoms with Crippen molar-refractivity contribution in [3.63, 3.8) is 0 Å². The number of hydrogen-bond donors (Lipinski definition) is 2. The van der Waals surface area contributed by atoms with Crippen molar-refractivity contribution in [1.29, 1.82) is 0 Å². The second-order valence-corrected chi connectivity index (χ2v) is 5.55. The minimum Gasteiger partial charge on any atom is -0.326 e. The van der Waals surface area contributed by atoms with Gasteiger partial charge in [-0.2, -0.15) is 0 Å². The number of nitrogens with one attached hydrogen (secondary N) is 2. The van der Waals surface area contributed by atoms with Gasteiger partial charge in [0.25, 0.3) is 0 Å². The molecule has 1 rings (SSSR count). The Morgan fingerprint density at radius 1 is 1.21 bits per heavy atom. The van der Waals surface area contributed by atoms with Gasteiger partial charge in [-0.15, -0.1) is 0 Å². The third-order valence-electron chi connectivity index (χ3n) is 3.09. The maximum atomic E-state index is 11.8. The second-order valence-electron chi connectivity index (χ2n) is 5.55. The highest BCUT2D eigenvalue weighted by molar-refractivity contribution is 5.91. The predicted octanol–water partition coefficient (Wildman–Crippen LogP) is 3.27. The molecule has 0 atom stereocenters. The summed E-state index contributed by atoms with van der Waals surface area (Å²) in [5, 5.41) is 6.27. The van der Waals surface area contributed by atoms with E-state index in [9.17, 15) is 4.79 Å². The summed E-state index contributed by atoms with van der Waals surface area (Å²) in [4.78, 5) is 11.8. The molecule has 1 aromatic rings. The number of benzene rings is 1. The minimum atomic E-state index is 0.0748. The average Bonchev–Trinajstić information content (AvgIpc) is 2.33. The van der Waals surface area contributed by atoms with Gasteiger partial charge in [-0.05, 0) is 49.9 Å². The van der Waals surface area contributed by atoms with Crippen LogP contribution in [0.4, 0.5) is 5.69 Å². The quantitative estimate of drug-likeness (QED) is 0.740. The Morgan fingerprint density at radius 3 is 2.63 bits per heavy atom. The summed E-state index contributed by atoms with van der Waals surface area (Å²) in [5.41, 5.74) is 3.19. The Morgan fingerprint density at radius 2 is 1.95 bits per heavy atom. The predicted molar refractivity (Wildman–Crippen MR) is 81.5 cm³/mol. The van der Waals surface area contributed by atoms with Crippen LogP contribution >= 0.6 is 0 Å². The van der Waals surface area contributed by atoms with Gasteiger partial charge in [0.1, 0.15) is 0 Å². The largest absolute Gasteiger partial charge is 0.326 e. The molecule has 3 heteroatoms. The lowest BCUT2D eigenvalue weighted by Crippen LogP contribution is -2.23. The van der Waals surface area contributed by atoms with Crippen LogP contribution in [0.3, 0.4) is 0 Å². The van der Waals surface area contributed by atoms with Gasteiger partial charge in [0.05, 0.1) is 0 Å². The lowest BCUT2D eigenvalue weighted by molar-refractivity contribution is -0.116. The summed E-state index contributed by atoms with van der Waals surface area (Å²) in [6, 6.07) is 6.10. The molecule has 0 bridgehead atoms. The molecule has 0 radical (unpaired) electrons. The molecule has 0 fully saturated rings. The van der Waals surface area contributed by atoms with Crippen LogP contribution in [0.15, 0.2) is 18.2 Å². The van der Waals surface area contributed by atoms with E-state index in [2.05, 4.69) is 30.5 Å². The third-order valence-corrected chi connectivity index (χ3v) is 3.09. The van der Waals surface area contributed by atoms with Crippen LogP contribution in [0.1, 0.15) is 37.8 Å². The van der Waals surface area contributed by atoms with Crippen molar-refractivity contribution in [3.05, 3.63) is 29.3 Å². The number of rotatable bonds is 7. The van der Waals surface area contributed by atoms with Crippen LogP contribution in [0, 0.1) is 19.8 Å². The summed E-state index contributed by atoms with van der Waals surface area (Å²) < 4.78 is 0. The molecule has 0 spiro atoms. The van der Waals surface area contributed by atoms with Crippen molar-refractivity contribution >= 4 is 11.6 Å². The first-order valence-electron chi connectivity index (χ1n) is 7.07. The van der Waals surface area contributed by atoms with Crippen molar-refractivity contribution in [1.82, 2.24) is 5.32 Å². The standard InChI is InChI=1S/C16H26N2O/c1-12(2)7-9-17-10-8-16(19)18-15-11-13(3)5-6-14(15)4/h5-6,11-12,17H,7-10H2,1-4H3,(H,18,19). The highest BCUT2D eigenvalue weighted by atomic mass is 16.1. The van der Waals surface area contributed by atoms with E-state index in [-0.39, 0.29) is 5.91 Å². The van der Waals surface area contributed by atoms with Crippen LogP contribution < -0.4 is 10.6 Å². The lowest BCUT2D eigenvalue weighted by Gasteiger charge is -2.10. The number of carbonyl (C=O) groups excluding carboxylic acids is 1. The molecule has 0 saturated carbocycles. The molecule has 0 aromatic heterocycles. The van der Waals surface area contributed by atoms with E-state index in [0.29, 0.717) is 12.3 Å². The first-order chi connectivity index (χ1) is 8.99. The van der Waals surface area contributed by atoms with Gasteiger partial charge in [-0.3, -0.25) is 4.79 Å². The Bertz CT molecular complexity index is 413. The first kappa shape index (κ1) is 15.7. The van der Waals surface area contributed by atoms with Gasteiger partial charge in [-0.25, -0.2) is 0 Å². The summed E-state index contributed by atoms with van der Waals surface area (Å²) in [7, 11) is 0. The van der Waals surface area contributed by atoms with Gasteiger partial charge in [-0.1, -0.05) is 26.0 Å². The van der Waals surface area contributed by atoms with Gasteiger partial charge in [0.15, 0.2) is 0 Å². The van der Waals surface area contributed by atoms with Crippen LogP contribution in [0.5, 0.6) is 0 Å². The van der Waals surface area contributed by atoms with E-state index in [4.69, 9.17) is 0 Å². The summed E-state index contributed by atoms with van der Waals surface area (Å²) in [6.45, 7) is 10.2. The molecule has 0 unspecified atom stereocenters. The number of aryl methyl sites for hydroxylation is 2. The Balaban J connectivity index is 2.29. The molecule has 106 valence electrons. The zero-order valence-electron chi connectivity index (χ0n) is 12.5. The molecule has 0 aliphatic heterocycles. The number of hydrogen-bond acceptors (Lipinski definition) is 2. The Labute approximate surface area is 116 Å². The fourth-order valence-corrected chi connectivity index (χ4v) is 1.80. The second kappa shape index (κ2) is 7.95. The number of amides is 1. The minimum absolute atomic E-state index is 0.0748. The highest BCUT2D eigenvalue weighted by Gasteiger charge is 2.04. The smallest absolute Gasteiger partial charge is 0.225 e. The highest BCUT2D eigenvalue weighted by Crippen LogP contribution is 2.16. The van der Waals surface area contributed by atoms with E-state index in [1.807, 2.05) is 26.0 Å². The molecule has 1 aromatic carbocycles. The molecular formula is C16H26N2O. The van der Waals surface area contributed by atoms with E-state index in [1.54, 1.807) is 0 Å². The zero-order chi connectivity index (χ0) is 14.3. The monoisotopic (exact) mass is 262 g/mol. The van der Waals surface area contributed by atoms with Crippen LogP contribution in [0.2, 0.25) is 0 Å². The molecule has 0 saturated heterocycles. The van der Waals surface area contributed by atoms with Crippen molar-refractivity contribution in [2.75, 3.05) is 18.4 Å². The summed E-state index contributed by atoms with van der Waals surface area (Å²) in [5.74, 6) is 0.780. The van der Waals surface area contributed by atoms with E-state index in [0.717, 1.165) is 36.3 Å². The molecule has 0 aliphatic rings. The van der Waals surface area contributed by atoms with Crippen LogP contribution in [0.25, 0.3) is 0 Å². The zero-order valence-corrected chi connectivity index (χ0v) is 12.5. The van der Waals surface area contributed by atoms with Crippen molar-refractivity contribution in [2.24, 2.45) is 5.92 Å². The maximum Gasteiger partial charge on any atom is 0.225 e. The SMILES string of the molecule is Cc1ccc(C)c(NC(=O)CCNCCC(C)C)c1. The number of carbonyl (C=O) groups is 1. The maximum absolute atomic E-state index is 11.8. The average molecular weight is 262 g/mol. The lowest BCUT2D eigenvalue weighted by atomic mass is 10.1. The van der Waals surface area contributed by atoms with Gasteiger partial charge in [0, 0.05) is 18.7 Å². The normalized spacial score (nSPS) is 10.8. The summed E-state index contributed by atoms with van der Waals surface area (Å²) in [6.07, 6.45) is 1.67. The third kappa shape index (κ3) is 6.39. The van der Waals surface area contributed by atoms with Gasteiger partial charge >= 0.3 is 0 Å². The van der Waals surface area contributed by atoms with Crippen molar-refractivity contribution in [2.45, 2.75) is 40.5 Å². The van der Waals surface area contributed by atoms with Crippen LogP contribution in [-0.2, 0) is 4.79 Å². The molecule has 0 aliphatic carbocycles. The summed E-state index contributed by atoms with van der Waals surface area (Å²) >= 11 is 0. The molecule has 2 N–H and O–H groups in total. The van der Waals surface area contributed by atoms with Crippen molar-refractivity contribution in [3.8, 4) is 0 Å². The molecular weight excluding hydrogens is 236 g/mol. The molecule has 1 amide bonds. The van der Waals surface area contributed by atoms with Crippen molar-refractivity contribution < 1.29 is 4.79 Å². The fourth-order valence-electron chi connectivity index (χ4n) is 1.80. The van der Waals surface area contributed by atoms with Gasteiger partial charge in [0.2, 0.25) is 5.91 Å². The van der Waals surface area contributed by atoms with E-state index < -0.39 is 0 Å². The molecule has 19 heavy (non-hydrogen) atoms. The number of anilines is 1. The molecule has 3 nitrogen and oxygen atoms in total. The van der Waals surface area contributed by atoms with E-state index in [1.165, 1.54) is 0 Å². The molecule has 0 heterocycles.